The predicted molar refractivity (Wildman–Crippen MR) is 112 cm³/mol. The molecule has 6 heteroatoms. The fourth-order valence-corrected chi connectivity index (χ4v) is 3.77. The van der Waals surface area contributed by atoms with Crippen molar-refractivity contribution in [1.82, 2.24) is 4.90 Å². The van der Waals surface area contributed by atoms with Gasteiger partial charge in [-0.05, 0) is 62.1 Å². The Hall–Kier alpha value is -3.02. The van der Waals surface area contributed by atoms with E-state index in [1.54, 1.807) is 0 Å². The van der Waals surface area contributed by atoms with Crippen molar-refractivity contribution in [1.29, 1.82) is 0 Å². The fraction of sp³-hybridized carbons (Fsp3) is 0.333. The SMILES string of the molecule is Cc1cc(C)cc(NC2N=C(N)N=C(N3CCCC3)N2c2ccccc2)c1. The molecular formula is C21H26N6. The Balaban J connectivity index is 1.72. The summed E-state index contributed by atoms with van der Waals surface area (Å²) in [5, 5.41) is 3.55. The van der Waals surface area contributed by atoms with Gasteiger partial charge in [0.15, 0.2) is 0 Å². The molecule has 1 fully saturated rings. The first-order valence-corrected chi connectivity index (χ1v) is 9.46. The van der Waals surface area contributed by atoms with Crippen LogP contribution >= 0.6 is 0 Å². The summed E-state index contributed by atoms with van der Waals surface area (Å²) in [6.45, 7) is 6.18. The normalized spacial score (nSPS) is 19.7. The minimum Gasteiger partial charge on any atom is -0.368 e. The standard InChI is InChI=1S/C21H26N6/c1-15-12-16(2)14-17(13-15)23-20-24-19(22)25-21(26-10-6-7-11-26)27(20)18-8-4-3-5-9-18/h3-5,8-9,12-14,20,23H,6-7,10-11H2,1-2H3,(H2,22,24). The molecule has 0 amide bonds. The third kappa shape index (κ3) is 3.74. The lowest BCUT2D eigenvalue weighted by molar-refractivity contribution is 0.497. The third-order valence-electron chi connectivity index (χ3n) is 4.87. The van der Waals surface area contributed by atoms with Crippen molar-refractivity contribution in [2.75, 3.05) is 23.3 Å². The molecule has 2 aliphatic rings. The molecule has 2 aromatic rings. The van der Waals surface area contributed by atoms with Gasteiger partial charge in [-0.3, -0.25) is 4.90 Å². The summed E-state index contributed by atoms with van der Waals surface area (Å²) < 4.78 is 0. The van der Waals surface area contributed by atoms with Crippen molar-refractivity contribution >= 4 is 23.3 Å². The molecule has 3 N–H and O–H groups in total. The second kappa shape index (κ2) is 7.31. The number of para-hydroxylation sites is 1. The molecule has 0 saturated carbocycles. The number of hydrogen-bond acceptors (Lipinski definition) is 6. The molecule has 6 nitrogen and oxygen atoms in total. The lowest BCUT2D eigenvalue weighted by Crippen LogP contribution is -2.54. The zero-order valence-electron chi connectivity index (χ0n) is 15.9. The first kappa shape index (κ1) is 17.4. The van der Waals surface area contributed by atoms with Gasteiger partial charge in [-0.25, -0.2) is 4.99 Å². The van der Waals surface area contributed by atoms with Crippen LogP contribution in [-0.2, 0) is 0 Å². The quantitative estimate of drug-likeness (QED) is 0.879. The zero-order valence-corrected chi connectivity index (χ0v) is 15.9. The van der Waals surface area contributed by atoms with E-state index < -0.39 is 0 Å². The number of aliphatic imine (C=N–C) groups is 2. The van der Waals surface area contributed by atoms with Gasteiger partial charge in [-0.1, -0.05) is 24.3 Å². The summed E-state index contributed by atoms with van der Waals surface area (Å²) in [5.41, 5.74) is 10.6. The molecule has 1 unspecified atom stereocenters. The van der Waals surface area contributed by atoms with Gasteiger partial charge >= 0.3 is 0 Å². The Kier molecular flexibility index (Phi) is 4.71. The number of hydrogen-bond donors (Lipinski definition) is 2. The van der Waals surface area contributed by atoms with E-state index in [4.69, 9.17) is 5.73 Å². The number of aryl methyl sites for hydroxylation is 2. The number of rotatable bonds is 3. The Morgan fingerprint density at radius 1 is 1.00 bits per heavy atom. The first-order valence-electron chi connectivity index (χ1n) is 9.46. The third-order valence-corrected chi connectivity index (χ3v) is 4.87. The second-order valence-corrected chi connectivity index (χ2v) is 7.19. The highest BCUT2D eigenvalue weighted by Gasteiger charge is 2.32. The monoisotopic (exact) mass is 362 g/mol. The van der Waals surface area contributed by atoms with Crippen LogP contribution in [-0.4, -0.2) is 36.2 Å². The van der Waals surface area contributed by atoms with Crippen molar-refractivity contribution in [3.8, 4) is 0 Å². The highest BCUT2D eigenvalue weighted by Crippen LogP contribution is 2.26. The van der Waals surface area contributed by atoms with Gasteiger partial charge < -0.3 is 16.0 Å². The number of benzene rings is 2. The maximum Gasteiger partial charge on any atom is 0.222 e. The molecule has 4 rings (SSSR count). The minimum atomic E-state index is -0.346. The lowest BCUT2D eigenvalue weighted by atomic mass is 10.1. The number of anilines is 2. The number of guanidine groups is 2. The molecule has 2 heterocycles. The van der Waals surface area contributed by atoms with Gasteiger partial charge in [-0.15, -0.1) is 0 Å². The van der Waals surface area contributed by atoms with Crippen molar-refractivity contribution in [3.05, 3.63) is 59.7 Å². The molecule has 1 saturated heterocycles. The van der Waals surface area contributed by atoms with Crippen LogP contribution in [0.5, 0.6) is 0 Å². The van der Waals surface area contributed by atoms with E-state index >= 15 is 0 Å². The smallest absolute Gasteiger partial charge is 0.222 e. The zero-order chi connectivity index (χ0) is 18.8. The highest BCUT2D eigenvalue weighted by molar-refractivity contribution is 6.06. The molecular weight excluding hydrogens is 336 g/mol. The van der Waals surface area contributed by atoms with Crippen molar-refractivity contribution < 1.29 is 0 Å². The summed E-state index contributed by atoms with van der Waals surface area (Å²) >= 11 is 0. The molecule has 27 heavy (non-hydrogen) atoms. The van der Waals surface area contributed by atoms with Gasteiger partial charge in [0.1, 0.15) is 0 Å². The summed E-state index contributed by atoms with van der Waals surface area (Å²) in [5.74, 6) is 1.18. The van der Waals surface area contributed by atoms with Crippen LogP contribution < -0.4 is 16.0 Å². The number of nitrogens with one attached hydrogen (secondary N) is 1. The first-order chi connectivity index (χ1) is 13.1. The summed E-state index contributed by atoms with van der Waals surface area (Å²) in [6, 6.07) is 16.7. The van der Waals surface area contributed by atoms with E-state index in [1.807, 2.05) is 18.2 Å². The van der Waals surface area contributed by atoms with Crippen molar-refractivity contribution in [3.63, 3.8) is 0 Å². The van der Waals surface area contributed by atoms with E-state index in [0.29, 0.717) is 5.96 Å². The van der Waals surface area contributed by atoms with Crippen LogP contribution in [0.25, 0.3) is 0 Å². The molecule has 2 aromatic carbocycles. The van der Waals surface area contributed by atoms with Crippen LogP contribution in [0.2, 0.25) is 0 Å². The van der Waals surface area contributed by atoms with Crippen LogP contribution in [0.3, 0.4) is 0 Å². The molecule has 0 aromatic heterocycles. The Bertz CT molecular complexity index is 847. The summed E-state index contributed by atoms with van der Waals surface area (Å²) in [7, 11) is 0. The number of nitrogens with zero attached hydrogens (tertiary/aromatic N) is 4. The average molecular weight is 362 g/mol. The van der Waals surface area contributed by atoms with Crippen molar-refractivity contribution in [2.45, 2.75) is 33.0 Å². The van der Waals surface area contributed by atoms with Gasteiger partial charge in [0.2, 0.25) is 18.2 Å². The predicted octanol–water partition coefficient (Wildman–Crippen LogP) is 3.29. The van der Waals surface area contributed by atoms with Gasteiger partial charge in [0, 0.05) is 24.5 Å². The molecule has 140 valence electrons. The van der Waals surface area contributed by atoms with Gasteiger partial charge in [0.05, 0.1) is 0 Å². The Labute approximate surface area is 160 Å². The molecule has 1 atom stereocenters. The van der Waals surface area contributed by atoms with Crippen LogP contribution in [0.15, 0.2) is 58.5 Å². The van der Waals surface area contributed by atoms with E-state index in [2.05, 4.69) is 69.3 Å². The number of nitrogens with two attached hydrogens (primary N) is 1. The van der Waals surface area contributed by atoms with E-state index in [0.717, 1.165) is 30.4 Å². The molecule has 2 aliphatic heterocycles. The minimum absolute atomic E-state index is 0.311. The summed E-state index contributed by atoms with van der Waals surface area (Å²) in [6.07, 6.45) is 2.00. The van der Waals surface area contributed by atoms with Crippen LogP contribution in [0.4, 0.5) is 11.4 Å². The lowest BCUT2D eigenvalue weighted by Gasteiger charge is -2.38. The van der Waals surface area contributed by atoms with E-state index in [9.17, 15) is 0 Å². The largest absolute Gasteiger partial charge is 0.368 e. The van der Waals surface area contributed by atoms with E-state index in [1.165, 1.54) is 24.0 Å². The van der Waals surface area contributed by atoms with Gasteiger partial charge in [-0.2, -0.15) is 4.99 Å². The fourth-order valence-electron chi connectivity index (χ4n) is 3.77. The topological polar surface area (TPSA) is 69.2 Å². The highest BCUT2D eigenvalue weighted by atomic mass is 15.5. The molecule has 0 bridgehead atoms. The van der Waals surface area contributed by atoms with Crippen LogP contribution in [0.1, 0.15) is 24.0 Å². The number of likely N-dealkylation sites (tertiary alicyclic amines) is 1. The van der Waals surface area contributed by atoms with Crippen LogP contribution in [0, 0.1) is 13.8 Å². The Morgan fingerprint density at radius 2 is 1.67 bits per heavy atom. The molecule has 0 radical (unpaired) electrons. The molecule has 0 spiro atoms. The summed E-state index contributed by atoms with van der Waals surface area (Å²) in [4.78, 5) is 13.7. The van der Waals surface area contributed by atoms with Gasteiger partial charge in [0.25, 0.3) is 0 Å². The molecule has 0 aliphatic carbocycles. The second-order valence-electron chi connectivity index (χ2n) is 7.19. The van der Waals surface area contributed by atoms with Crippen molar-refractivity contribution in [2.24, 2.45) is 15.7 Å². The maximum absolute atomic E-state index is 6.11. The Morgan fingerprint density at radius 3 is 2.33 bits per heavy atom. The maximum atomic E-state index is 6.11. The van der Waals surface area contributed by atoms with E-state index in [-0.39, 0.29) is 6.29 Å². The average Bonchev–Trinajstić information content (AvgIpc) is 3.15.